The predicted octanol–water partition coefficient (Wildman–Crippen LogP) is 4.10. The van der Waals surface area contributed by atoms with Crippen molar-refractivity contribution in [3.63, 3.8) is 0 Å². The van der Waals surface area contributed by atoms with E-state index < -0.39 is 0 Å². The zero-order chi connectivity index (χ0) is 16.2. The van der Waals surface area contributed by atoms with Gasteiger partial charge in [-0.2, -0.15) is 0 Å². The molecule has 2 heterocycles. The van der Waals surface area contributed by atoms with E-state index in [1.165, 1.54) is 5.69 Å². The van der Waals surface area contributed by atoms with Crippen LogP contribution in [0.15, 0.2) is 71.3 Å². The third-order valence-corrected chi connectivity index (χ3v) is 4.31. The van der Waals surface area contributed by atoms with Crippen molar-refractivity contribution < 1.29 is 4.42 Å². The van der Waals surface area contributed by atoms with Crippen LogP contribution in [0.1, 0.15) is 0 Å². The second kappa shape index (κ2) is 6.81. The molecule has 4 heteroatoms. The van der Waals surface area contributed by atoms with Crippen LogP contribution in [0.3, 0.4) is 0 Å². The van der Waals surface area contributed by atoms with Gasteiger partial charge in [0, 0.05) is 48.8 Å². The van der Waals surface area contributed by atoms with Gasteiger partial charge in [-0.3, -0.25) is 0 Å². The lowest BCUT2D eigenvalue weighted by molar-refractivity contribution is 0.582. The molecule has 24 heavy (non-hydrogen) atoms. The summed E-state index contributed by atoms with van der Waals surface area (Å²) in [5.41, 5.74) is 4.54. The highest BCUT2D eigenvalue weighted by Gasteiger charge is 2.10. The molecule has 0 unspecified atom stereocenters. The summed E-state index contributed by atoms with van der Waals surface area (Å²) in [5, 5.41) is 6.87. The van der Waals surface area contributed by atoms with Gasteiger partial charge in [-0.1, -0.05) is 6.07 Å². The number of hydrogen-bond donors (Lipinski definition) is 2. The molecule has 0 atom stereocenters. The number of furan rings is 1. The Hall–Kier alpha value is -2.72. The SMILES string of the molecule is c1cc(Nc2ccc(-c3ccco3)cc2)cc(N2CCNCC2)c1. The number of nitrogens with one attached hydrogen (secondary N) is 2. The molecule has 0 bridgehead atoms. The molecule has 2 N–H and O–H groups in total. The van der Waals surface area contributed by atoms with E-state index in [2.05, 4.69) is 64.1 Å². The lowest BCUT2D eigenvalue weighted by atomic mass is 10.1. The largest absolute Gasteiger partial charge is 0.464 e. The lowest BCUT2D eigenvalue weighted by Crippen LogP contribution is -2.43. The van der Waals surface area contributed by atoms with Crippen LogP contribution >= 0.6 is 0 Å². The predicted molar refractivity (Wildman–Crippen MR) is 99.0 cm³/mol. The summed E-state index contributed by atoms with van der Waals surface area (Å²) in [7, 11) is 0. The Morgan fingerprint density at radius 1 is 0.875 bits per heavy atom. The average molecular weight is 319 g/mol. The van der Waals surface area contributed by atoms with Crippen LogP contribution in [-0.4, -0.2) is 26.2 Å². The van der Waals surface area contributed by atoms with E-state index in [-0.39, 0.29) is 0 Å². The second-order valence-electron chi connectivity index (χ2n) is 5.97. The van der Waals surface area contributed by atoms with E-state index in [0.717, 1.165) is 48.9 Å². The van der Waals surface area contributed by atoms with E-state index in [0.29, 0.717) is 0 Å². The molecule has 0 amide bonds. The van der Waals surface area contributed by atoms with Crippen LogP contribution in [0.4, 0.5) is 17.1 Å². The van der Waals surface area contributed by atoms with E-state index in [4.69, 9.17) is 4.42 Å². The maximum absolute atomic E-state index is 5.43. The van der Waals surface area contributed by atoms with Gasteiger partial charge in [0.25, 0.3) is 0 Å². The fourth-order valence-electron chi connectivity index (χ4n) is 3.03. The Balaban J connectivity index is 1.48. The molecular formula is C20H21N3O. The van der Waals surface area contributed by atoms with E-state index in [1.807, 2.05) is 12.1 Å². The fraction of sp³-hybridized carbons (Fsp3) is 0.200. The standard InChI is InChI=1S/C20H21N3O/c1-3-18(15-19(4-1)23-12-10-21-11-13-23)22-17-8-6-16(7-9-17)20-5-2-14-24-20/h1-9,14-15,21-22H,10-13H2. The topological polar surface area (TPSA) is 40.4 Å². The highest BCUT2D eigenvalue weighted by Crippen LogP contribution is 2.25. The van der Waals surface area contributed by atoms with Gasteiger partial charge in [-0.15, -0.1) is 0 Å². The summed E-state index contributed by atoms with van der Waals surface area (Å²) in [6, 6.07) is 20.8. The Morgan fingerprint density at radius 2 is 1.71 bits per heavy atom. The third-order valence-electron chi connectivity index (χ3n) is 4.31. The lowest BCUT2D eigenvalue weighted by Gasteiger charge is -2.29. The zero-order valence-corrected chi connectivity index (χ0v) is 13.5. The molecule has 4 rings (SSSR count). The van der Waals surface area contributed by atoms with Crippen LogP contribution in [0, 0.1) is 0 Å². The third kappa shape index (κ3) is 3.29. The van der Waals surface area contributed by atoms with Gasteiger partial charge >= 0.3 is 0 Å². The van der Waals surface area contributed by atoms with Crippen molar-refractivity contribution in [1.29, 1.82) is 0 Å². The molecule has 4 nitrogen and oxygen atoms in total. The van der Waals surface area contributed by atoms with E-state index >= 15 is 0 Å². The number of nitrogens with zero attached hydrogens (tertiary/aromatic N) is 1. The number of rotatable bonds is 4. The van der Waals surface area contributed by atoms with E-state index in [9.17, 15) is 0 Å². The molecule has 122 valence electrons. The molecule has 1 aliphatic heterocycles. The highest BCUT2D eigenvalue weighted by atomic mass is 16.3. The summed E-state index contributed by atoms with van der Waals surface area (Å²) < 4.78 is 5.43. The van der Waals surface area contributed by atoms with Gasteiger partial charge in [0.05, 0.1) is 6.26 Å². The van der Waals surface area contributed by atoms with Crippen molar-refractivity contribution in [2.75, 3.05) is 36.4 Å². The Bertz CT molecular complexity index is 775. The molecule has 0 spiro atoms. The first-order valence-corrected chi connectivity index (χ1v) is 8.35. The first kappa shape index (κ1) is 14.8. The first-order chi connectivity index (χ1) is 11.9. The minimum absolute atomic E-state index is 0.891. The Morgan fingerprint density at radius 3 is 2.46 bits per heavy atom. The molecule has 1 fully saturated rings. The van der Waals surface area contributed by atoms with Crippen molar-refractivity contribution >= 4 is 17.1 Å². The monoisotopic (exact) mass is 319 g/mol. The van der Waals surface area contributed by atoms with E-state index in [1.54, 1.807) is 6.26 Å². The Labute approximate surface area is 142 Å². The number of anilines is 3. The van der Waals surface area contributed by atoms with Crippen molar-refractivity contribution in [2.45, 2.75) is 0 Å². The molecule has 1 aromatic heterocycles. The normalized spacial score (nSPS) is 14.6. The van der Waals surface area contributed by atoms with Crippen LogP contribution in [-0.2, 0) is 0 Å². The van der Waals surface area contributed by atoms with Gasteiger partial charge in [-0.25, -0.2) is 0 Å². The molecule has 1 saturated heterocycles. The van der Waals surface area contributed by atoms with Crippen LogP contribution < -0.4 is 15.5 Å². The second-order valence-corrected chi connectivity index (χ2v) is 5.97. The Kier molecular flexibility index (Phi) is 4.21. The van der Waals surface area contributed by atoms with Gasteiger partial charge in [0.15, 0.2) is 0 Å². The van der Waals surface area contributed by atoms with Crippen molar-refractivity contribution in [3.8, 4) is 11.3 Å². The van der Waals surface area contributed by atoms with Crippen LogP contribution in [0.2, 0.25) is 0 Å². The molecule has 0 saturated carbocycles. The molecule has 2 aromatic carbocycles. The average Bonchev–Trinajstić information content (AvgIpc) is 3.18. The summed E-state index contributed by atoms with van der Waals surface area (Å²) >= 11 is 0. The maximum Gasteiger partial charge on any atom is 0.133 e. The van der Waals surface area contributed by atoms with Gasteiger partial charge in [0.1, 0.15) is 5.76 Å². The number of piperazine rings is 1. The highest BCUT2D eigenvalue weighted by molar-refractivity contribution is 5.68. The van der Waals surface area contributed by atoms with Crippen molar-refractivity contribution in [3.05, 3.63) is 66.9 Å². The maximum atomic E-state index is 5.43. The van der Waals surface area contributed by atoms with Gasteiger partial charge in [0.2, 0.25) is 0 Å². The summed E-state index contributed by atoms with van der Waals surface area (Å²) in [4.78, 5) is 2.42. The first-order valence-electron chi connectivity index (χ1n) is 8.35. The quantitative estimate of drug-likeness (QED) is 0.759. The minimum atomic E-state index is 0.891. The summed E-state index contributed by atoms with van der Waals surface area (Å²) in [6.07, 6.45) is 1.70. The van der Waals surface area contributed by atoms with Crippen LogP contribution in [0.25, 0.3) is 11.3 Å². The van der Waals surface area contributed by atoms with Gasteiger partial charge in [-0.05, 0) is 54.6 Å². The molecular weight excluding hydrogens is 298 g/mol. The molecule has 0 aliphatic carbocycles. The minimum Gasteiger partial charge on any atom is -0.464 e. The van der Waals surface area contributed by atoms with Crippen molar-refractivity contribution in [2.24, 2.45) is 0 Å². The molecule has 0 radical (unpaired) electrons. The zero-order valence-electron chi connectivity index (χ0n) is 13.5. The van der Waals surface area contributed by atoms with Crippen LogP contribution in [0.5, 0.6) is 0 Å². The molecule has 3 aromatic rings. The van der Waals surface area contributed by atoms with Gasteiger partial charge < -0.3 is 20.0 Å². The molecule has 1 aliphatic rings. The number of hydrogen-bond acceptors (Lipinski definition) is 4. The summed E-state index contributed by atoms with van der Waals surface area (Å²) in [5.74, 6) is 0.891. The fourth-order valence-corrected chi connectivity index (χ4v) is 3.03. The van der Waals surface area contributed by atoms with Crippen molar-refractivity contribution in [1.82, 2.24) is 5.32 Å². The smallest absolute Gasteiger partial charge is 0.133 e. The summed E-state index contributed by atoms with van der Waals surface area (Å²) in [6.45, 7) is 4.21. The number of benzene rings is 2.